The fourth-order valence-corrected chi connectivity index (χ4v) is 1.99. The van der Waals surface area contributed by atoms with Gasteiger partial charge in [0, 0.05) is 9.38 Å². The Hall–Kier alpha value is -1.04. The molecule has 0 aromatic heterocycles. The molecule has 74 valence electrons. The second-order valence-electron chi connectivity index (χ2n) is 2.43. The molecule has 7 heteroatoms. The molecule has 0 unspecified atom stereocenters. The van der Waals surface area contributed by atoms with Crippen molar-refractivity contribution in [3.05, 3.63) is 39.2 Å². The highest BCUT2D eigenvalue weighted by atomic mass is 79.9. The van der Waals surface area contributed by atoms with Crippen molar-refractivity contribution in [2.24, 2.45) is 5.11 Å². The minimum Gasteiger partial charge on any atom is -0.224 e. The minimum atomic E-state index is -3.48. The Morgan fingerprint density at radius 3 is 2.43 bits per heavy atom. The van der Waals surface area contributed by atoms with Crippen molar-refractivity contribution in [3.63, 3.8) is 0 Å². The van der Waals surface area contributed by atoms with Gasteiger partial charge in [-0.3, -0.25) is 0 Å². The predicted molar refractivity (Wildman–Crippen MR) is 55.3 cm³/mol. The lowest BCUT2D eigenvalue weighted by atomic mass is 10.4. The highest BCUT2D eigenvalue weighted by Gasteiger charge is 2.12. The van der Waals surface area contributed by atoms with E-state index in [4.69, 9.17) is 5.53 Å². The maximum atomic E-state index is 11.4. The maximum absolute atomic E-state index is 11.4. The smallest absolute Gasteiger partial charge is 0.184 e. The van der Waals surface area contributed by atoms with Crippen LogP contribution in [0.1, 0.15) is 0 Å². The number of azide groups is 1. The average Bonchev–Trinajstić information content (AvgIpc) is 2.16. The molecule has 14 heavy (non-hydrogen) atoms. The van der Waals surface area contributed by atoms with Gasteiger partial charge in [0.25, 0.3) is 0 Å². The standard InChI is InChI=1S/C7H6BrN3O2S/c8-6-1-3-7(4-2-6)14(12,13)5-10-11-9/h1-4H,5H2. The number of hydrogen-bond donors (Lipinski definition) is 0. The second kappa shape index (κ2) is 4.45. The lowest BCUT2D eigenvalue weighted by Crippen LogP contribution is -2.03. The summed E-state index contributed by atoms with van der Waals surface area (Å²) in [5, 5.41) is 3.02. The molecule has 0 aliphatic rings. The molecular weight excluding hydrogens is 270 g/mol. The first-order chi connectivity index (χ1) is 6.56. The van der Waals surface area contributed by atoms with Crippen LogP contribution in [0.2, 0.25) is 0 Å². The van der Waals surface area contributed by atoms with E-state index in [1.165, 1.54) is 12.1 Å². The average molecular weight is 276 g/mol. The van der Waals surface area contributed by atoms with Crippen LogP contribution in [-0.2, 0) is 9.84 Å². The topological polar surface area (TPSA) is 82.9 Å². The molecule has 0 amide bonds. The first-order valence-electron chi connectivity index (χ1n) is 3.55. The SMILES string of the molecule is [N-]=[N+]=NCS(=O)(=O)c1ccc(Br)cc1. The monoisotopic (exact) mass is 275 g/mol. The first kappa shape index (κ1) is 11.0. The number of nitrogens with zero attached hydrogens (tertiary/aromatic N) is 3. The molecule has 1 aromatic carbocycles. The Labute approximate surface area is 89.4 Å². The van der Waals surface area contributed by atoms with Gasteiger partial charge in [0.1, 0.15) is 5.88 Å². The van der Waals surface area contributed by atoms with E-state index < -0.39 is 15.7 Å². The minimum absolute atomic E-state index is 0.146. The molecule has 0 bridgehead atoms. The summed E-state index contributed by atoms with van der Waals surface area (Å²) in [6, 6.07) is 6.13. The molecular formula is C7H6BrN3O2S. The fourth-order valence-electron chi connectivity index (χ4n) is 0.818. The van der Waals surface area contributed by atoms with Crippen molar-refractivity contribution in [2.45, 2.75) is 4.90 Å². The van der Waals surface area contributed by atoms with Gasteiger partial charge in [0.05, 0.1) is 4.90 Å². The molecule has 0 radical (unpaired) electrons. The lowest BCUT2D eigenvalue weighted by Gasteiger charge is -1.99. The largest absolute Gasteiger partial charge is 0.224 e. The normalized spacial score (nSPS) is 10.6. The molecule has 0 aliphatic heterocycles. The lowest BCUT2D eigenvalue weighted by molar-refractivity contribution is 0.596. The zero-order valence-corrected chi connectivity index (χ0v) is 9.36. The van der Waals surface area contributed by atoms with Crippen LogP contribution in [0.5, 0.6) is 0 Å². The van der Waals surface area contributed by atoms with Gasteiger partial charge in [0.2, 0.25) is 0 Å². The van der Waals surface area contributed by atoms with Crippen LogP contribution in [0.15, 0.2) is 38.7 Å². The summed E-state index contributed by atoms with van der Waals surface area (Å²) in [5.41, 5.74) is 8.01. The third-order valence-corrected chi connectivity index (χ3v) is 3.44. The van der Waals surface area contributed by atoms with Gasteiger partial charge in [-0.15, -0.1) is 0 Å². The van der Waals surface area contributed by atoms with Crippen LogP contribution < -0.4 is 0 Å². The molecule has 0 spiro atoms. The number of hydrogen-bond acceptors (Lipinski definition) is 3. The molecule has 0 saturated carbocycles. The van der Waals surface area contributed by atoms with Crippen LogP contribution in [0.4, 0.5) is 0 Å². The molecule has 0 heterocycles. The second-order valence-corrected chi connectivity index (χ2v) is 5.30. The molecule has 0 atom stereocenters. The summed E-state index contributed by atoms with van der Waals surface area (Å²) in [6.45, 7) is 0. The summed E-state index contributed by atoms with van der Waals surface area (Å²) < 4.78 is 23.6. The molecule has 0 fully saturated rings. The zero-order chi connectivity index (χ0) is 10.6. The Balaban J connectivity index is 3.04. The number of benzene rings is 1. The van der Waals surface area contributed by atoms with Crippen molar-refractivity contribution in [1.82, 2.24) is 0 Å². The summed E-state index contributed by atoms with van der Waals surface area (Å²) in [5.74, 6) is -0.550. The van der Waals surface area contributed by atoms with E-state index in [0.29, 0.717) is 0 Å². The van der Waals surface area contributed by atoms with Crippen LogP contribution in [0, 0.1) is 0 Å². The fraction of sp³-hybridized carbons (Fsp3) is 0.143. The van der Waals surface area contributed by atoms with Crippen molar-refractivity contribution >= 4 is 25.8 Å². The van der Waals surface area contributed by atoms with Gasteiger partial charge in [0.15, 0.2) is 9.84 Å². The zero-order valence-electron chi connectivity index (χ0n) is 6.96. The van der Waals surface area contributed by atoms with Crippen molar-refractivity contribution < 1.29 is 8.42 Å². The first-order valence-corrected chi connectivity index (χ1v) is 6.00. The Kier molecular flexibility index (Phi) is 3.51. The van der Waals surface area contributed by atoms with Crippen molar-refractivity contribution in [3.8, 4) is 0 Å². The molecule has 1 aromatic rings. The van der Waals surface area contributed by atoms with E-state index in [-0.39, 0.29) is 4.90 Å². The summed E-state index contributed by atoms with van der Waals surface area (Å²) in [6.07, 6.45) is 0. The molecule has 1 rings (SSSR count). The van der Waals surface area contributed by atoms with Gasteiger partial charge in [-0.1, -0.05) is 21.0 Å². The van der Waals surface area contributed by atoms with E-state index in [0.717, 1.165) is 4.47 Å². The Morgan fingerprint density at radius 1 is 1.36 bits per heavy atom. The van der Waals surface area contributed by atoms with Crippen LogP contribution in [0.25, 0.3) is 10.4 Å². The summed E-state index contributed by atoms with van der Waals surface area (Å²) in [4.78, 5) is 2.55. The van der Waals surface area contributed by atoms with E-state index in [1.54, 1.807) is 12.1 Å². The van der Waals surface area contributed by atoms with Gasteiger partial charge in [-0.2, -0.15) is 0 Å². The molecule has 0 aliphatic carbocycles. The number of sulfone groups is 1. The Morgan fingerprint density at radius 2 is 1.93 bits per heavy atom. The highest BCUT2D eigenvalue weighted by molar-refractivity contribution is 9.10. The third-order valence-electron chi connectivity index (χ3n) is 1.46. The van der Waals surface area contributed by atoms with Gasteiger partial charge >= 0.3 is 0 Å². The van der Waals surface area contributed by atoms with Crippen LogP contribution >= 0.6 is 15.9 Å². The van der Waals surface area contributed by atoms with Crippen molar-refractivity contribution in [2.75, 3.05) is 5.88 Å². The van der Waals surface area contributed by atoms with Gasteiger partial charge in [-0.05, 0) is 29.8 Å². The summed E-state index contributed by atoms with van der Waals surface area (Å²) >= 11 is 3.19. The third kappa shape index (κ3) is 2.73. The highest BCUT2D eigenvalue weighted by Crippen LogP contribution is 2.15. The summed E-state index contributed by atoms with van der Waals surface area (Å²) in [7, 11) is -3.48. The molecule has 0 N–H and O–H groups in total. The van der Waals surface area contributed by atoms with Crippen LogP contribution in [0.3, 0.4) is 0 Å². The van der Waals surface area contributed by atoms with Gasteiger partial charge in [-0.25, -0.2) is 8.42 Å². The van der Waals surface area contributed by atoms with E-state index in [1.807, 2.05) is 0 Å². The maximum Gasteiger partial charge on any atom is 0.184 e. The quantitative estimate of drug-likeness (QED) is 0.482. The number of halogens is 1. The van der Waals surface area contributed by atoms with Crippen LogP contribution in [-0.4, -0.2) is 14.3 Å². The number of rotatable bonds is 3. The predicted octanol–water partition coefficient (Wildman–Crippen LogP) is 2.49. The van der Waals surface area contributed by atoms with E-state index in [9.17, 15) is 8.42 Å². The van der Waals surface area contributed by atoms with Gasteiger partial charge < -0.3 is 0 Å². The van der Waals surface area contributed by atoms with Crippen molar-refractivity contribution in [1.29, 1.82) is 0 Å². The molecule has 0 saturated heterocycles. The Bertz CT molecular complexity index is 462. The van der Waals surface area contributed by atoms with E-state index >= 15 is 0 Å². The molecule has 5 nitrogen and oxygen atoms in total. The van der Waals surface area contributed by atoms with E-state index in [2.05, 4.69) is 26.0 Å².